The molecule has 0 fully saturated rings. The monoisotopic (exact) mass is 330 g/mol. The fourth-order valence-electron chi connectivity index (χ4n) is 2.27. The Hall–Kier alpha value is -2.89. The number of nitrogens with one attached hydrogen (secondary N) is 1. The molecule has 24 heavy (non-hydrogen) atoms. The Kier molecular flexibility index (Phi) is 5.89. The summed E-state index contributed by atoms with van der Waals surface area (Å²) in [7, 11) is 4.80. The van der Waals surface area contributed by atoms with Crippen LogP contribution in [0.25, 0.3) is 0 Å². The van der Waals surface area contributed by atoms with Crippen molar-refractivity contribution in [3.63, 3.8) is 0 Å². The van der Waals surface area contributed by atoms with Crippen LogP contribution in [-0.4, -0.2) is 37.3 Å². The Bertz CT molecular complexity index is 703. The van der Waals surface area contributed by atoms with Gasteiger partial charge in [-0.05, 0) is 35.4 Å². The molecule has 2 amide bonds. The maximum atomic E-state index is 12.2. The van der Waals surface area contributed by atoms with Gasteiger partial charge in [-0.15, -0.1) is 0 Å². The number of benzene rings is 2. The molecule has 0 spiro atoms. The zero-order valence-electron chi connectivity index (χ0n) is 14.1. The van der Waals surface area contributed by atoms with E-state index in [1.165, 1.54) is 7.11 Å². The van der Waals surface area contributed by atoms with Crippen LogP contribution in [-0.2, 0) is 13.1 Å². The third-order valence-electron chi connectivity index (χ3n) is 3.59. The number of aromatic hydroxyl groups is 1. The lowest BCUT2D eigenvalue weighted by Crippen LogP contribution is -2.36. The molecule has 0 aliphatic heterocycles. The first-order valence-electron chi connectivity index (χ1n) is 7.51. The highest BCUT2D eigenvalue weighted by atomic mass is 16.5. The lowest BCUT2D eigenvalue weighted by molar-refractivity contribution is 0.206. The lowest BCUT2D eigenvalue weighted by Gasteiger charge is -2.18. The minimum Gasteiger partial charge on any atom is -0.504 e. The van der Waals surface area contributed by atoms with Crippen LogP contribution in [0, 0.1) is 0 Å². The van der Waals surface area contributed by atoms with Crippen LogP contribution < -0.4 is 14.8 Å². The van der Waals surface area contributed by atoms with E-state index < -0.39 is 0 Å². The van der Waals surface area contributed by atoms with Crippen molar-refractivity contribution < 1.29 is 19.4 Å². The number of hydrogen-bond acceptors (Lipinski definition) is 4. The second-order valence-corrected chi connectivity index (χ2v) is 5.37. The zero-order chi connectivity index (χ0) is 17.5. The minimum atomic E-state index is -0.201. The van der Waals surface area contributed by atoms with E-state index in [9.17, 15) is 9.90 Å². The maximum Gasteiger partial charge on any atom is 0.317 e. The molecule has 6 nitrogen and oxygen atoms in total. The van der Waals surface area contributed by atoms with E-state index in [1.54, 1.807) is 31.2 Å². The highest BCUT2D eigenvalue weighted by Crippen LogP contribution is 2.26. The standard InChI is InChI=1S/C18H22N2O4/c1-20(12-14-7-8-17(24-3)16(21)10-14)18(22)19-11-13-5-4-6-15(9-13)23-2/h4-10,21H,11-12H2,1-3H3,(H,19,22). The number of ether oxygens (including phenoxy) is 2. The van der Waals surface area contributed by atoms with Crippen molar-refractivity contribution in [1.82, 2.24) is 10.2 Å². The normalized spacial score (nSPS) is 10.1. The van der Waals surface area contributed by atoms with Crippen molar-refractivity contribution in [2.75, 3.05) is 21.3 Å². The van der Waals surface area contributed by atoms with Crippen LogP contribution in [0.4, 0.5) is 4.79 Å². The van der Waals surface area contributed by atoms with Crippen LogP contribution >= 0.6 is 0 Å². The summed E-state index contributed by atoms with van der Waals surface area (Å²) in [6.07, 6.45) is 0. The molecule has 0 aromatic heterocycles. The Morgan fingerprint density at radius 3 is 2.58 bits per heavy atom. The molecule has 0 aliphatic carbocycles. The topological polar surface area (TPSA) is 71.0 Å². The van der Waals surface area contributed by atoms with Crippen molar-refractivity contribution in [2.45, 2.75) is 13.1 Å². The first-order valence-corrected chi connectivity index (χ1v) is 7.51. The number of methoxy groups -OCH3 is 2. The number of urea groups is 1. The molecule has 2 aromatic carbocycles. The second-order valence-electron chi connectivity index (χ2n) is 5.37. The maximum absolute atomic E-state index is 12.2. The predicted octanol–water partition coefficient (Wildman–Crippen LogP) is 2.75. The van der Waals surface area contributed by atoms with Gasteiger partial charge < -0.3 is 24.8 Å². The third kappa shape index (κ3) is 4.55. The predicted molar refractivity (Wildman–Crippen MR) is 91.4 cm³/mol. The number of carbonyl (C=O) groups is 1. The van der Waals surface area contributed by atoms with Crippen molar-refractivity contribution in [2.24, 2.45) is 0 Å². The van der Waals surface area contributed by atoms with E-state index in [-0.39, 0.29) is 11.8 Å². The first-order chi connectivity index (χ1) is 11.5. The lowest BCUT2D eigenvalue weighted by atomic mass is 10.2. The van der Waals surface area contributed by atoms with E-state index in [1.807, 2.05) is 30.3 Å². The molecule has 0 bridgehead atoms. The van der Waals surface area contributed by atoms with Gasteiger partial charge in [0.1, 0.15) is 5.75 Å². The van der Waals surface area contributed by atoms with E-state index in [0.717, 1.165) is 16.9 Å². The number of amides is 2. The Morgan fingerprint density at radius 2 is 1.92 bits per heavy atom. The molecule has 2 N–H and O–H groups in total. The molecular weight excluding hydrogens is 308 g/mol. The van der Waals surface area contributed by atoms with Gasteiger partial charge in [0, 0.05) is 20.1 Å². The van der Waals surface area contributed by atoms with Gasteiger partial charge in [0.25, 0.3) is 0 Å². The molecule has 0 radical (unpaired) electrons. The number of rotatable bonds is 6. The Labute approximate surface area is 141 Å². The first kappa shape index (κ1) is 17.5. The molecule has 128 valence electrons. The van der Waals surface area contributed by atoms with Gasteiger partial charge in [0.2, 0.25) is 0 Å². The van der Waals surface area contributed by atoms with Crippen LogP contribution in [0.5, 0.6) is 17.2 Å². The van der Waals surface area contributed by atoms with Gasteiger partial charge >= 0.3 is 6.03 Å². The number of phenols is 1. The Morgan fingerprint density at radius 1 is 1.12 bits per heavy atom. The zero-order valence-corrected chi connectivity index (χ0v) is 14.1. The van der Waals surface area contributed by atoms with Crippen molar-refractivity contribution >= 4 is 6.03 Å². The Balaban J connectivity index is 1.91. The van der Waals surface area contributed by atoms with Gasteiger partial charge in [-0.1, -0.05) is 18.2 Å². The largest absolute Gasteiger partial charge is 0.504 e. The van der Waals surface area contributed by atoms with E-state index >= 15 is 0 Å². The molecule has 0 aliphatic rings. The summed E-state index contributed by atoms with van der Waals surface area (Å²) in [5, 5.41) is 12.6. The van der Waals surface area contributed by atoms with Gasteiger partial charge in [-0.25, -0.2) is 4.79 Å². The molecular formula is C18H22N2O4. The number of hydrogen-bond donors (Lipinski definition) is 2. The average Bonchev–Trinajstić information content (AvgIpc) is 2.60. The molecule has 0 unspecified atom stereocenters. The fourth-order valence-corrected chi connectivity index (χ4v) is 2.27. The summed E-state index contributed by atoms with van der Waals surface area (Å²) >= 11 is 0. The summed E-state index contributed by atoms with van der Waals surface area (Å²) < 4.78 is 10.2. The summed E-state index contributed by atoms with van der Waals surface area (Å²) in [4.78, 5) is 13.7. The molecule has 0 saturated carbocycles. The van der Waals surface area contributed by atoms with Crippen molar-refractivity contribution in [1.29, 1.82) is 0 Å². The van der Waals surface area contributed by atoms with Gasteiger partial charge in [-0.3, -0.25) is 0 Å². The molecule has 0 saturated heterocycles. The number of phenolic OH excluding ortho intramolecular Hbond substituents is 1. The average molecular weight is 330 g/mol. The number of nitrogens with zero attached hydrogens (tertiary/aromatic N) is 1. The molecule has 0 heterocycles. The molecule has 6 heteroatoms. The third-order valence-corrected chi connectivity index (χ3v) is 3.59. The summed E-state index contributed by atoms with van der Waals surface area (Å²) in [5.41, 5.74) is 1.77. The van der Waals surface area contributed by atoms with Crippen LogP contribution in [0.2, 0.25) is 0 Å². The van der Waals surface area contributed by atoms with Crippen LogP contribution in [0.1, 0.15) is 11.1 Å². The van der Waals surface area contributed by atoms with Gasteiger partial charge in [-0.2, -0.15) is 0 Å². The van der Waals surface area contributed by atoms with Crippen LogP contribution in [0.3, 0.4) is 0 Å². The van der Waals surface area contributed by atoms with Crippen LogP contribution in [0.15, 0.2) is 42.5 Å². The molecule has 2 rings (SSSR count). The smallest absolute Gasteiger partial charge is 0.317 e. The van der Waals surface area contributed by atoms with Crippen molar-refractivity contribution in [3.05, 3.63) is 53.6 Å². The van der Waals surface area contributed by atoms with E-state index in [2.05, 4.69) is 5.32 Å². The minimum absolute atomic E-state index is 0.0557. The highest BCUT2D eigenvalue weighted by molar-refractivity contribution is 5.73. The van der Waals surface area contributed by atoms with E-state index in [4.69, 9.17) is 9.47 Å². The summed E-state index contributed by atoms with van der Waals surface area (Å²) in [5.74, 6) is 1.22. The molecule has 2 aromatic rings. The summed E-state index contributed by atoms with van der Waals surface area (Å²) in [6.45, 7) is 0.787. The van der Waals surface area contributed by atoms with Gasteiger partial charge in [0.05, 0.1) is 14.2 Å². The van der Waals surface area contributed by atoms with Crippen molar-refractivity contribution in [3.8, 4) is 17.2 Å². The highest BCUT2D eigenvalue weighted by Gasteiger charge is 2.10. The van der Waals surface area contributed by atoms with Gasteiger partial charge in [0.15, 0.2) is 11.5 Å². The quantitative estimate of drug-likeness (QED) is 0.854. The second kappa shape index (κ2) is 8.10. The fraction of sp³-hybridized carbons (Fsp3) is 0.278. The van der Waals surface area contributed by atoms with E-state index in [0.29, 0.717) is 18.8 Å². The molecule has 0 atom stereocenters. The number of carbonyl (C=O) groups excluding carboxylic acids is 1. The summed E-state index contributed by atoms with van der Waals surface area (Å²) in [6, 6.07) is 12.4. The SMILES string of the molecule is COc1cccc(CNC(=O)N(C)Cc2ccc(OC)c(O)c2)c1.